The highest BCUT2D eigenvalue weighted by Crippen LogP contribution is 2.20. The van der Waals surface area contributed by atoms with Crippen molar-refractivity contribution in [3.05, 3.63) is 29.3 Å². The molecule has 0 amide bonds. The SMILES string of the molecule is COC(C)OCOC(=O)c1cccc(O)c1C. The molecular weight excluding hydrogens is 224 g/mol. The fourth-order valence-corrected chi connectivity index (χ4v) is 1.17. The lowest BCUT2D eigenvalue weighted by molar-refractivity contribution is -0.158. The minimum absolute atomic E-state index is 0.0608. The van der Waals surface area contributed by atoms with Crippen molar-refractivity contribution in [3.63, 3.8) is 0 Å². The number of esters is 1. The summed E-state index contributed by atoms with van der Waals surface area (Å²) in [7, 11) is 1.49. The van der Waals surface area contributed by atoms with E-state index in [4.69, 9.17) is 14.2 Å². The minimum Gasteiger partial charge on any atom is -0.508 e. The molecule has 1 aromatic carbocycles. The monoisotopic (exact) mass is 240 g/mol. The second-order valence-electron chi connectivity index (χ2n) is 3.47. The highest BCUT2D eigenvalue weighted by molar-refractivity contribution is 5.91. The van der Waals surface area contributed by atoms with Gasteiger partial charge in [0, 0.05) is 12.7 Å². The van der Waals surface area contributed by atoms with Gasteiger partial charge in [0.1, 0.15) is 5.75 Å². The third-order valence-electron chi connectivity index (χ3n) is 2.35. The molecule has 94 valence electrons. The Morgan fingerprint density at radius 3 is 2.82 bits per heavy atom. The van der Waals surface area contributed by atoms with Crippen LogP contribution in [-0.4, -0.2) is 31.3 Å². The zero-order valence-electron chi connectivity index (χ0n) is 10.1. The number of phenols is 1. The van der Waals surface area contributed by atoms with Crippen LogP contribution in [0.25, 0.3) is 0 Å². The summed E-state index contributed by atoms with van der Waals surface area (Å²) in [5, 5.41) is 9.44. The molecule has 5 heteroatoms. The number of ether oxygens (including phenoxy) is 3. The van der Waals surface area contributed by atoms with Gasteiger partial charge >= 0.3 is 5.97 Å². The van der Waals surface area contributed by atoms with E-state index in [1.165, 1.54) is 13.2 Å². The molecule has 0 aliphatic rings. The Hall–Kier alpha value is -1.59. The summed E-state index contributed by atoms with van der Waals surface area (Å²) in [4.78, 5) is 11.6. The second-order valence-corrected chi connectivity index (χ2v) is 3.47. The summed E-state index contributed by atoms with van der Waals surface area (Å²) < 4.78 is 14.7. The molecule has 0 bridgehead atoms. The summed E-state index contributed by atoms with van der Waals surface area (Å²) in [5.41, 5.74) is 0.802. The summed E-state index contributed by atoms with van der Waals surface area (Å²) in [6, 6.07) is 4.67. The highest BCUT2D eigenvalue weighted by Gasteiger charge is 2.13. The van der Waals surface area contributed by atoms with Crippen molar-refractivity contribution in [1.82, 2.24) is 0 Å². The quantitative estimate of drug-likeness (QED) is 0.628. The van der Waals surface area contributed by atoms with Crippen LogP contribution in [-0.2, 0) is 14.2 Å². The molecule has 0 heterocycles. The van der Waals surface area contributed by atoms with E-state index in [-0.39, 0.29) is 12.5 Å². The van der Waals surface area contributed by atoms with E-state index in [0.29, 0.717) is 11.1 Å². The van der Waals surface area contributed by atoms with Crippen molar-refractivity contribution in [1.29, 1.82) is 0 Å². The van der Waals surface area contributed by atoms with Crippen LogP contribution in [0.1, 0.15) is 22.8 Å². The highest BCUT2D eigenvalue weighted by atomic mass is 16.8. The number of carbonyl (C=O) groups excluding carboxylic acids is 1. The molecule has 0 saturated carbocycles. The Morgan fingerprint density at radius 2 is 2.18 bits per heavy atom. The lowest BCUT2D eigenvalue weighted by Gasteiger charge is -2.12. The number of carbonyl (C=O) groups is 1. The topological polar surface area (TPSA) is 65.0 Å². The second kappa shape index (κ2) is 6.22. The largest absolute Gasteiger partial charge is 0.508 e. The summed E-state index contributed by atoms with van der Waals surface area (Å²) >= 11 is 0. The molecule has 1 rings (SSSR count). The molecule has 0 saturated heterocycles. The third kappa shape index (κ3) is 3.72. The molecule has 17 heavy (non-hydrogen) atoms. The lowest BCUT2D eigenvalue weighted by Crippen LogP contribution is -2.16. The number of hydrogen-bond acceptors (Lipinski definition) is 5. The molecule has 0 aromatic heterocycles. The molecule has 1 aromatic rings. The van der Waals surface area contributed by atoms with Crippen LogP contribution >= 0.6 is 0 Å². The van der Waals surface area contributed by atoms with Crippen LogP contribution in [0, 0.1) is 6.92 Å². The first-order valence-electron chi connectivity index (χ1n) is 5.16. The maximum atomic E-state index is 11.6. The molecular formula is C12H16O5. The van der Waals surface area contributed by atoms with E-state index in [0.717, 1.165) is 0 Å². The molecule has 1 unspecified atom stereocenters. The number of methoxy groups -OCH3 is 1. The van der Waals surface area contributed by atoms with Gasteiger partial charge in [0.05, 0.1) is 5.56 Å². The van der Waals surface area contributed by atoms with Gasteiger partial charge in [-0.15, -0.1) is 0 Å². The van der Waals surface area contributed by atoms with Gasteiger partial charge in [0.25, 0.3) is 0 Å². The molecule has 0 aliphatic heterocycles. The van der Waals surface area contributed by atoms with Crippen LogP contribution < -0.4 is 0 Å². The first-order valence-corrected chi connectivity index (χ1v) is 5.16. The third-order valence-corrected chi connectivity index (χ3v) is 2.35. The maximum Gasteiger partial charge on any atom is 0.340 e. The molecule has 0 aliphatic carbocycles. The first kappa shape index (κ1) is 13.5. The summed E-state index contributed by atoms with van der Waals surface area (Å²) in [6.07, 6.45) is -0.437. The van der Waals surface area contributed by atoms with E-state index < -0.39 is 12.3 Å². The van der Waals surface area contributed by atoms with Crippen LogP contribution in [0.4, 0.5) is 0 Å². The predicted octanol–water partition coefficient (Wildman–Crippen LogP) is 1.82. The van der Waals surface area contributed by atoms with Gasteiger partial charge in [-0.2, -0.15) is 0 Å². The molecule has 1 atom stereocenters. The Bertz CT molecular complexity index is 388. The van der Waals surface area contributed by atoms with Gasteiger partial charge in [-0.25, -0.2) is 4.79 Å². The van der Waals surface area contributed by atoms with Gasteiger partial charge in [-0.3, -0.25) is 0 Å². The average molecular weight is 240 g/mol. The standard InChI is InChI=1S/C12H16O5/c1-8-10(5-4-6-11(8)13)12(14)17-7-16-9(2)15-3/h4-6,9,13H,7H2,1-3H3. The van der Waals surface area contributed by atoms with Crippen molar-refractivity contribution in [2.45, 2.75) is 20.1 Å². The maximum absolute atomic E-state index is 11.6. The van der Waals surface area contributed by atoms with Crippen molar-refractivity contribution >= 4 is 5.97 Å². The van der Waals surface area contributed by atoms with Crippen LogP contribution in [0.15, 0.2) is 18.2 Å². The van der Waals surface area contributed by atoms with E-state index in [9.17, 15) is 9.90 Å². The number of phenolic OH excluding ortho intramolecular Hbond substituents is 1. The minimum atomic E-state index is -0.540. The zero-order valence-corrected chi connectivity index (χ0v) is 10.1. The van der Waals surface area contributed by atoms with Gasteiger partial charge < -0.3 is 19.3 Å². The fraction of sp³-hybridized carbons (Fsp3) is 0.417. The summed E-state index contributed by atoms with van der Waals surface area (Å²) in [6.45, 7) is 3.14. The van der Waals surface area contributed by atoms with Crippen LogP contribution in [0.2, 0.25) is 0 Å². The Kier molecular flexibility index (Phi) is 4.93. The Morgan fingerprint density at radius 1 is 1.47 bits per heavy atom. The molecule has 0 fully saturated rings. The van der Waals surface area contributed by atoms with E-state index >= 15 is 0 Å². The van der Waals surface area contributed by atoms with Gasteiger partial charge in [-0.1, -0.05) is 6.07 Å². The molecule has 0 radical (unpaired) electrons. The van der Waals surface area contributed by atoms with Crippen LogP contribution in [0.3, 0.4) is 0 Å². The van der Waals surface area contributed by atoms with Crippen molar-refractivity contribution in [3.8, 4) is 5.75 Å². The van der Waals surface area contributed by atoms with E-state index in [2.05, 4.69) is 0 Å². The Labute approximate surface area is 99.9 Å². The predicted molar refractivity (Wildman–Crippen MR) is 60.7 cm³/mol. The number of aromatic hydroxyl groups is 1. The van der Waals surface area contributed by atoms with E-state index in [1.54, 1.807) is 26.0 Å². The normalized spacial score (nSPS) is 12.2. The molecule has 5 nitrogen and oxygen atoms in total. The van der Waals surface area contributed by atoms with Gasteiger partial charge in [0.15, 0.2) is 13.1 Å². The van der Waals surface area contributed by atoms with Gasteiger partial charge in [0.2, 0.25) is 0 Å². The van der Waals surface area contributed by atoms with Crippen molar-refractivity contribution in [2.24, 2.45) is 0 Å². The number of hydrogen-bond donors (Lipinski definition) is 1. The smallest absolute Gasteiger partial charge is 0.340 e. The van der Waals surface area contributed by atoms with E-state index in [1.807, 2.05) is 0 Å². The number of rotatable bonds is 5. The first-order chi connectivity index (χ1) is 8.06. The van der Waals surface area contributed by atoms with Crippen molar-refractivity contribution < 1.29 is 24.1 Å². The fourth-order valence-electron chi connectivity index (χ4n) is 1.17. The van der Waals surface area contributed by atoms with Gasteiger partial charge in [-0.05, 0) is 26.0 Å². The molecule has 1 N–H and O–H groups in total. The van der Waals surface area contributed by atoms with Crippen molar-refractivity contribution in [2.75, 3.05) is 13.9 Å². The number of benzene rings is 1. The summed E-state index contributed by atoms with van der Waals surface area (Å²) in [5.74, 6) is -0.479. The lowest BCUT2D eigenvalue weighted by atomic mass is 10.1. The van der Waals surface area contributed by atoms with Crippen LogP contribution in [0.5, 0.6) is 5.75 Å². The Balaban J connectivity index is 2.56. The average Bonchev–Trinajstić information content (AvgIpc) is 2.32. The zero-order chi connectivity index (χ0) is 12.8. The molecule has 0 spiro atoms.